The van der Waals surface area contributed by atoms with E-state index in [1.54, 1.807) is 0 Å². The van der Waals surface area contributed by atoms with Crippen LogP contribution in [-0.2, 0) is 20.8 Å². The highest BCUT2D eigenvalue weighted by atomic mass is 32.2. The Labute approximate surface area is 258 Å². The van der Waals surface area contributed by atoms with E-state index >= 15 is 0 Å². The molecule has 1 N–H and O–H groups in total. The highest BCUT2D eigenvalue weighted by Crippen LogP contribution is 2.44. The standard InChI is InChI=1S/C33H31N5O3S2/c1-19-10-9-17-37-20(2)25(34-29(19)37)27(39)24-26(22-13-15-23(16-14-22)33(3,4)5)38(30(41)28(24)40)31-35-36-32(43-31)42-18-21-11-7-6-8-12-21/h6-17,26,39H,18H2,1-5H3/b27-24+. The number of aryl methyl sites for hydroxylation is 2. The monoisotopic (exact) mass is 609 g/mol. The third kappa shape index (κ3) is 5.25. The fraction of sp³-hybridized carbons (Fsp3) is 0.242. The van der Waals surface area contributed by atoms with Gasteiger partial charge in [0.15, 0.2) is 10.1 Å². The minimum absolute atomic E-state index is 0.0219. The number of pyridine rings is 1. The van der Waals surface area contributed by atoms with Gasteiger partial charge in [-0.3, -0.25) is 14.5 Å². The van der Waals surface area contributed by atoms with Crippen molar-refractivity contribution in [3.05, 3.63) is 112 Å². The number of Topliss-reactive ketones (excluding diaryl/α,β-unsaturated/α-hetero) is 1. The number of amides is 1. The number of thioether (sulfide) groups is 1. The molecule has 6 rings (SSSR count). The van der Waals surface area contributed by atoms with Crippen LogP contribution in [0.1, 0.15) is 60.5 Å². The fourth-order valence-corrected chi connectivity index (χ4v) is 7.09. The lowest BCUT2D eigenvalue weighted by Crippen LogP contribution is -2.29. The normalized spacial score (nSPS) is 16.9. The summed E-state index contributed by atoms with van der Waals surface area (Å²) in [6, 6.07) is 20.8. The van der Waals surface area contributed by atoms with Gasteiger partial charge in [0.25, 0.3) is 5.78 Å². The molecule has 3 aromatic heterocycles. The Kier molecular flexibility index (Phi) is 7.43. The van der Waals surface area contributed by atoms with Crippen molar-refractivity contribution >= 4 is 51.3 Å². The molecule has 1 amide bonds. The van der Waals surface area contributed by atoms with E-state index in [-0.39, 0.29) is 22.4 Å². The maximum atomic E-state index is 13.7. The van der Waals surface area contributed by atoms with Gasteiger partial charge >= 0.3 is 5.91 Å². The third-order valence-electron chi connectivity index (χ3n) is 7.65. The molecule has 0 aliphatic carbocycles. The molecular formula is C33H31N5O3S2. The number of aliphatic hydroxyl groups is 1. The number of imidazole rings is 1. The van der Waals surface area contributed by atoms with Crippen LogP contribution >= 0.6 is 23.1 Å². The lowest BCUT2D eigenvalue weighted by molar-refractivity contribution is -0.132. The second-order valence-corrected chi connectivity index (χ2v) is 13.8. The quantitative estimate of drug-likeness (QED) is 0.0726. The first-order valence-corrected chi connectivity index (χ1v) is 15.7. The minimum atomic E-state index is -0.903. The maximum absolute atomic E-state index is 13.7. The second-order valence-electron chi connectivity index (χ2n) is 11.6. The van der Waals surface area contributed by atoms with Crippen LogP contribution in [0.25, 0.3) is 11.4 Å². The van der Waals surface area contributed by atoms with Crippen molar-refractivity contribution in [2.24, 2.45) is 0 Å². The van der Waals surface area contributed by atoms with Gasteiger partial charge in [0, 0.05) is 11.9 Å². The number of benzene rings is 2. The molecule has 1 atom stereocenters. The van der Waals surface area contributed by atoms with Gasteiger partial charge in [0.05, 0.1) is 17.3 Å². The van der Waals surface area contributed by atoms with Gasteiger partial charge in [-0.15, -0.1) is 10.2 Å². The van der Waals surface area contributed by atoms with Crippen LogP contribution in [-0.4, -0.2) is 36.4 Å². The van der Waals surface area contributed by atoms with E-state index in [4.69, 9.17) is 0 Å². The predicted molar refractivity (Wildman–Crippen MR) is 171 cm³/mol. The Morgan fingerprint density at radius 1 is 0.977 bits per heavy atom. The van der Waals surface area contributed by atoms with Crippen molar-refractivity contribution in [3.8, 4) is 0 Å². The van der Waals surface area contributed by atoms with Crippen molar-refractivity contribution < 1.29 is 14.7 Å². The number of rotatable bonds is 6. The summed E-state index contributed by atoms with van der Waals surface area (Å²) >= 11 is 2.76. The van der Waals surface area contributed by atoms with E-state index in [0.717, 1.165) is 16.7 Å². The van der Waals surface area contributed by atoms with E-state index in [0.29, 0.717) is 32.1 Å². The number of hydrogen-bond acceptors (Lipinski definition) is 8. The van der Waals surface area contributed by atoms with Crippen LogP contribution in [0.2, 0.25) is 0 Å². The van der Waals surface area contributed by atoms with Crippen LogP contribution in [0.4, 0.5) is 5.13 Å². The molecule has 218 valence electrons. The van der Waals surface area contributed by atoms with Crippen molar-refractivity contribution in [2.75, 3.05) is 4.90 Å². The van der Waals surface area contributed by atoms with Gasteiger partial charge in [0.1, 0.15) is 11.3 Å². The molecule has 8 nitrogen and oxygen atoms in total. The van der Waals surface area contributed by atoms with Crippen LogP contribution in [0.5, 0.6) is 0 Å². The highest BCUT2D eigenvalue weighted by Gasteiger charge is 2.49. The zero-order valence-corrected chi connectivity index (χ0v) is 26.2. The predicted octanol–water partition coefficient (Wildman–Crippen LogP) is 7.02. The first-order valence-electron chi connectivity index (χ1n) is 13.9. The van der Waals surface area contributed by atoms with Crippen molar-refractivity contribution in [3.63, 3.8) is 0 Å². The highest BCUT2D eigenvalue weighted by molar-refractivity contribution is 8.00. The van der Waals surface area contributed by atoms with E-state index in [2.05, 4.69) is 36.0 Å². The number of ketones is 1. The lowest BCUT2D eigenvalue weighted by Gasteiger charge is -2.24. The average molecular weight is 610 g/mol. The summed E-state index contributed by atoms with van der Waals surface area (Å²) in [7, 11) is 0. The minimum Gasteiger partial charge on any atom is -0.505 e. The van der Waals surface area contributed by atoms with Crippen LogP contribution < -0.4 is 4.90 Å². The largest absolute Gasteiger partial charge is 0.505 e. The molecule has 1 aliphatic rings. The van der Waals surface area contributed by atoms with Gasteiger partial charge in [0.2, 0.25) is 5.13 Å². The van der Waals surface area contributed by atoms with Crippen LogP contribution in [0.3, 0.4) is 0 Å². The zero-order valence-electron chi connectivity index (χ0n) is 24.5. The summed E-state index contributed by atoms with van der Waals surface area (Å²) in [5.41, 5.74) is 5.35. The Bertz CT molecular complexity index is 1890. The molecule has 0 bridgehead atoms. The molecular weight excluding hydrogens is 579 g/mol. The number of anilines is 1. The molecule has 10 heteroatoms. The number of nitrogens with zero attached hydrogens (tertiary/aromatic N) is 5. The Hall–Kier alpha value is -4.28. The van der Waals surface area contributed by atoms with Gasteiger partial charge in [-0.25, -0.2) is 4.98 Å². The summed E-state index contributed by atoms with van der Waals surface area (Å²) in [5.74, 6) is -1.17. The van der Waals surface area contributed by atoms with Gasteiger partial charge in [-0.1, -0.05) is 105 Å². The summed E-state index contributed by atoms with van der Waals surface area (Å²) in [4.78, 5) is 33.5. The smallest absolute Gasteiger partial charge is 0.301 e. The molecule has 1 saturated heterocycles. The van der Waals surface area contributed by atoms with Gasteiger partial charge < -0.3 is 9.51 Å². The van der Waals surface area contributed by atoms with Crippen molar-refractivity contribution in [1.82, 2.24) is 19.6 Å². The van der Waals surface area contributed by atoms with Crippen LogP contribution in [0, 0.1) is 13.8 Å². The Balaban J connectivity index is 1.46. The van der Waals surface area contributed by atoms with Crippen LogP contribution in [0.15, 0.2) is 82.8 Å². The summed E-state index contributed by atoms with van der Waals surface area (Å²) in [6.45, 7) is 10.1. The SMILES string of the molecule is Cc1cccn2c(C)c(/C(O)=C3\C(=O)C(=O)N(c4nnc(SCc5ccccc5)s4)C3c3ccc(C(C)(C)C)cc3)nc12. The Morgan fingerprint density at radius 3 is 2.37 bits per heavy atom. The fourth-order valence-electron chi connectivity index (χ4n) is 5.26. The zero-order chi connectivity index (χ0) is 30.5. The molecule has 1 aliphatic heterocycles. The summed E-state index contributed by atoms with van der Waals surface area (Å²) in [5, 5.41) is 20.7. The number of aliphatic hydroxyl groups excluding tert-OH is 1. The summed E-state index contributed by atoms with van der Waals surface area (Å²) in [6.07, 6.45) is 1.86. The van der Waals surface area contributed by atoms with Gasteiger partial charge in [-0.05, 0) is 47.6 Å². The molecule has 5 aromatic rings. The van der Waals surface area contributed by atoms with E-state index in [9.17, 15) is 14.7 Å². The van der Waals surface area contributed by atoms with Crippen molar-refractivity contribution in [2.45, 2.75) is 56.2 Å². The van der Waals surface area contributed by atoms with E-state index in [1.165, 1.54) is 28.0 Å². The molecule has 43 heavy (non-hydrogen) atoms. The topological polar surface area (TPSA) is 101 Å². The second kappa shape index (κ2) is 11.1. The number of fused-ring (bicyclic) bond motifs is 1. The van der Waals surface area contributed by atoms with E-state index in [1.807, 2.05) is 91.2 Å². The lowest BCUT2D eigenvalue weighted by atomic mass is 9.85. The van der Waals surface area contributed by atoms with E-state index < -0.39 is 17.7 Å². The van der Waals surface area contributed by atoms with Gasteiger partial charge in [-0.2, -0.15) is 0 Å². The first kappa shape index (κ1) is 28.8. The number of hydrogen-bond donors (Lipinski definition) is 1. The number of carbonyl (C=O) groups is 2. The molecule has 1 unspecified atom stereocenters. The number of carbonyl (C=O) groups excluding carboxylic acids is 2. The molecule has 0 spiro atoms. The molecule has 0 saturated carbocycles. The average Bonchev–Trinajstić information content (AvgIpc) is 3.67. The Morgan fingerprint density at radius 2 is 1.70 bits per heavy atom. The first-order chi connectivity index (χ1) is 20.5. The molecule has 2 aromatic carbocycles. The van der Waals surface area contributed by atoms with Crippen molar-refractivity contribution in [1.29, 1.82) is 0 Å². The third-order valence-corrected chi connectivity index (χ3v) is 9.78. The summed E-state index contributed by atoms with van der Waals surface area (Å²) < 4.78 is 2.54. The maximum Gasteiger partial charge on any atom is 0.301 e. The molecule has 0 radical (unpaired) electrons. The molecule has 1 fully saturated rings. The number of aromatic nitrogens is 4. The molecule has 4 heterocycles.